The summed E-state index contributed by atoms with van der Waals surface area (Å²) < 4.78 is 30.4. The van der Waals surface area contributed by atoms with E-state index in [0.717, 1.165) is 42.7 Å². The van der Waals surface area contributed by atoms with E-state index >= 15 is 0 Å². The van der Waals surface area contributed by atoms with Gasteiger partial charge in [0.2, 0.25) is 4.96 Å². The van der Waals surface area contributed by atoms with Gasteiger partial charge in [-0.1, -0.05) is 11.3 Å². The summed E-state index contributed by atoms with van der Waals surface area (Å²) in [6.45, 7) is 2.51. The third-order valence-electron chi connectivity index (χ3n) is 6.63. The summed E-state index contributed by atoms with van der Waals surface area (Å²) >= 11 is 1.39. The molecule has 2 aromatic heterocycles. The summed E-state index contributed by atoms with van der Waals surface area (Å²) in [6, 6.07) is 9.71. The summed E-state index contributed by atoms with van der Waals surface area (Å²) in [5, 5.41) is 6.94. The van der Waals surface area contributed by atoms with Gasteiger partial charge in [0.05, 0.1) is 15.8 Å². The number of ketones is 1. The van der Waals surface area contributed by atoms with Crippen LogP contribution in [0.15, 0.2) is 36.4 Å². The molecule has 4 aromatic rings. The van der Waals surface area contributed by atoms with E-state index in [9.17, 15) is 18.4 Å². The van der Waals surface area contributed by atoms with Crippen LogP contribution in [-0.2, 0) is 0 Å². The smallest absolute Gasteiger partial charge is 0.251 e. The molecule has 188 valence electrons. The van der Waals surface area contributed by atoms with Crippen LogP contribution in [0, 0.1) is 5.82 Å². The van der Waals surface area contributed by atoms with E-state index in [1.165, 1.54) is 36.6 Å². The number of thiazole rings is 1. The van der Waals surface area contributed by atoms with Crippen LogP contribution in [0.3, 0.4) is 0 Å². The third-order valence-corrected chi connectivity index (χ3v) is 7.63. The van der Waals surface area contributed by atoms with Crippen LogP contribution in [-0.4, -0.2) is 64.0 Å². The number of benzene rings is 2. The Balaban J connectivity index is 1.25. The summed E-state index contributed by atoms with van der Waals surface area (Å²) in [6.07, 6.45) is 2.75. The number of aromatic nitrogens is 3. The molecule has 10 heteroatoms. The fourth-order valence-corrected chi connectivity index (χ4v) is 5.55. The minimum Gasteiger partial charge on any atom is -0.355 e. The van der Waals surface area contributed by atoms with E-state index in [-0.39, 0.29) is 28.6 Å². The quantitative estimate of drug-likeness (QED) is 0.269. The fourth-order valence-electron chi connectivity index (χ4n) is 4.55. The largest absolute Gasteiger partial charge is 0.355 e. The van der Waals surface area contributed by atoms with Crippen molar-refractivity contribution >= 4 is 38.2 Å². The Morgan fingerprint density at radius 3 is 2.64 bits per heavy atom. The SMILES string of the molecule is CNC(=O)c1ccc(-c2nc3sc4cc(C(=O)CCCCN5CCC(F)CC5)ccc4n3n2)c(F)c1. The van der Waals surface area contributed by atoms with E-state index in [1.54, 1.807) is 10.6 Å². The normalized spacial score (nSPS) is 15.1. The van der Waals surface area contributed by atoms with Crippen LogP contribution >= 0.6 is 11.3 Å². The van der Waals surface area contributed by atoms with Crippen LogP contribution in [0.4, 0.5) is 8.78 Å². The van der Waals surface area contributed by atoms with Crippen LogP contribution in [0.1, 0.15) is 52.8 Å². The van der Waals surface area contributed by atoms with Crippen LogP contribution < -0.4 is 5.32 Å². The van der Waals surface area contributed by atoms with Gasteiger partial charge in [0.15, 0.2) is 11.6 Å². The molecule has 0 unspecified atom stereocenters. The van der Waals surface area contributed by atoms with E-state index in [0.29, 0.717) is 29.8 Å². The van der Waals surface area contributed by atoms with Gasteiger partial charge in [0, 0.05) is 37.7 Å². The number of nitrogens with one attached hydrogen (secondary N) is 1. The summed E-state index contributed by atoms with van der Waals surface area (Å²) in [4.78, 5) is 31.8. The molecule has 1 fully saturated rings. The highest BCUT2D eigenvalue weighted by atomic mass is 32.1. The Hall–Kier alpha value is -3.24. The number of unbranched alkanes of at least 4 members (excludes halogenated alkanes) is 1. The van der Waals surface area contributed by atoms with Crippen LogP contribution in [0.2, 0.25) is 0 Å². The number of hydrogen-bond donors (Lipinski definition) is 1. The van der Waals surface area contributed by atoms with Crippen molar-refractivity contribution in [3.8, 4) is 11.4 Å². The van der Waals surface area contributed by atoms with E-state index in [2.05, 4.69) is 20.3 Å². The first-order valence-corrected chi connectivity index (χ1v) is 13.0. The lowest BCUT2D eigenvalue weighted by atomic mass is 10.0. The van der Waals surface area contributed by atoms with Gasteiger partial charge in [0.1, 0.15) is 12.0 Å². The minimum absolute atomic E-state index is 0.0948. The number of piperidine rings is 1. The molecule has 7 nitrogen and oxygen atoms in total. The highest BCUT2D eigenvalue weighted by Gasteiger charge is 2.19. The summed E-state index contributed by atoms with van der Waals surface area (Å²) in [7, 11) is 1.49. The maximum atomic E-state index is 14.7. The molecule has 0 radical (unpaired) electrons. The number of Topliss-reactive ketones (excluding diaryl/α,β-unsaturated/α-hetero) is 1. The Morgan fingerprint density at radius 1 is 1.11 bits per heavy atom. The predicted octanol–water partition coefficient (Wildman–Crippen LogP) is 4.90. The number of halogens is 2. The van der Waals surface area contributed by atoms with Crippen molar-refractivity contribution in [3.05, 3.63) is 53.3 Å². The number of carbonyl (C=O) groups excluding carboxylic acids is 2. The highest BCUT2D eigenvalue weighted by Crippen LogP contribution is 2.30. The van der Waals surface area contributed by atoms with Crippen molar-refractivity contribution < 1.29 is 18.4 Å². The highest BCUT2D eigenvalue weighted by molar-refractivity contribution is 7.23. The van der Waals surface area contributed by atoms with Crippen LogP contribution in [0.25, 0.3) is 26.6 Å². The molecule has 0 aliphatic carbocycles. The molecule has 1 aliphatic rings. The second-order valence-corrected chi connectivity index (χ2v) is 10.1. The first kappa shape index (κ1) is 24.5. The number of alkyl halides is 1. The Kier molecular flexibility index (Phi) is 7.06. The zero-order valence-electron chi connectivity index (χ0n) is 20.0. The molecule has 0 atom stereocenters. The summed E-state index contributed by atoms with van der Waals surface area (Å²) in [5.74, 6) is -0.607. The number of fused-ring (bicyclic) bond motifs is 3. The van der Waals surface area contributed by atoms with Crippen molar-refractivity contribution in [1.82, 2.24) is 24.8 Å². The molecule has 1 amide bonds. The fraction of sp³-hybridized carbons (Fsp3) is 0.385. The van der Waals surface area contributed by atoms with Crippen molar-refractivity contribution in [3.63, 3.8) is 0 Å². The lowest BCUT2D eigenvalue weighted by molar-refractivity contribution is 0.0959. The zero-order valence-corrected chi connectivity index (χ0v) is 20.8. The molecular formula is C26H27F2N5O2S. The van der Waals surface area contributed by atoms with E-state index in [1.807, 2.05) is 12.1 Å². The topological polar surface area (TPSA) is 79.6 Å². The Bertz CT molecular complexity index is 1420. The van der Waals surface area contributed by atoms with Crippen molar-refractivity contribution in [2.45, 2.75) is 38.3 Å². The Labute approximate surface area is 211 Å². The van der Waals surface area contributed by atoms with Crippen molar-refractivity contribution in [2.24, 2.45) is 0 Å². The molecule has 36 heavy (non-hydrogen) atoms. The lowest BCUT2D eigenvalue weighted by Crippen LogP contribution is -2.35. The first-order chi connectivity index (χ1) is 17.4. The van der Waals surface area contributed by atoms with Gasteiger partial charge in [-0.25, -0.2) is 13.3 Å². The third kappa shape index (κ3) is 5.01. The van der Waals surface area contributed by atoms with Gasteiger partial charge in [0.25, 0.3) is 5.91 Å². The molecule has 3 heterocycles. The number of hydrogen-bond acceptors (Lipinski definition) is 6. The average molecular weight is 512 g/mol. The second-order valence-electron chi connectivity index (χ2n) is 9.08. The van der Waals surface area contributed by atoms with Crippen LogP contribution in [0.5, 0.6) is 0 Å². The molecular weight excluding hydrogens is 484 g/mol. The number of nitrogens with zero attached hydrogens (tertiary/aromatic N) is 4. The molecule has 0 saturated carbocycles. The standard InChI is InChI=1S/C26H27F2N5O2S/c1-29-25(35)17-5-7-19(20(28)14-17)24-30-26-33(31-24)21-8-6-16(15-23(21)36-26)22(34)4-2-3-11-32-12-9-18(27)10-13-32/h5-8,14-15,18H,2-4,9-13H2,1H3,(H,29,35). The molecule has 5 rings (SSSR count). The molecule has 1 aliphatic heterocycles. The monoisotopic (exact) mass is 511 g/mol. The minimum atomic E-state index is -0.664. The summed E-state index contributed by atoms with van der Waals surface area (Å²) in [5.41, 5.74) is 1.89. The molecule has 1 saturated heterocycles. The van der Waals surface area contributed by atoms with Gasteiger partial charge in [-0.15, -0.1) is 5.10 Å². The van der Waals surface area contributed by atoms with E-state index < -0.39 is 12.0 Å². The molecule has 0 bridgehead atoms. The molecule has 0 spiro atoms. The first-order valence-electron chi connectivity index (χ1n) is 12.1. The van der Waals surface area contributed by atoms with Gasteiger partial charge in [-0.05, 0) is 68.6 Å². The molecule has 1 N–H and O–H groups in total. The van der Waals surface area contributed by atoms with Crippen molar-refractivity contribution in [1.29, 1.82) is 0 Å². The zero-order chi connectivity index (χ0) is 25.2. The van der Waals surface area contributed by atoms with Gasteiger partial charge >= 0.3 is 0 Å². The Morgan fingerprint density at radius 2 is 1.89 bits per heavy atom. The average Bonchev–Trinajstić information content (AvgIpc) is 3.44. The van der Waals surface area contributed by atoms with Gasteiger partial charge < -0.3 is 10.2 Å². The molecule has 2 aromatic carbocycles. The predicted molar refractivity (Wildman–Crippen MR) is 136 cm³/mol. The number of amides is 1. The number of carbonyl (C=O) groups is 2. The van der Waals surface area contributed by atoms with E-state index in [4.69, 9.17) is 0 Å². The second kappa shape index (κ2) is 10.4. The van der Waals surface area contributed by atoms with Gasteiger partial charge in [-0.3, -0.25) is 9.59 Å². The number of rotatable bonds is 8. The lowest BCUT2D eigenvalue weighted by Gasteiger charge is -2.28. The number of likely N-dealkylation sites (tertiary alicyclic amines) is 1. The maximum Gasteiger partial charge on any atom is 0.251 e. The van der Waals surface area contributed by atoms with Gasteiger partial charge in [-0.2, -0.15) is 4.98 Å². The maximum absolute atomic E-state index is 14.7. The van der Waals surface area contributed by atoms with Crippen molar-refractivity contribution in [2.75, 3.05) is 26.7 Å².